The van der Waals surface area contributed by atoms with Gasteiger partial charge in [-0.15, -0.1) is 11.3 Å². The number of aromatic nitrogens is 1. The van der Waals surface area contributed by atoms with Crippen LogP contribution in [0.4, 0.5) is 5.69 Å². The van der Waals surface area contributed by atoms with Crippen molar-refractivity contribution in [1.29, 1.82) is 0 Å². The molecule has 19 heavy (non-hydrogen) atoms. The van der Waals surface area contributed by atoms with Gasteiger partial charge in [-0.25, -0.2) is 9.78 Å². The standard InChI is InChI=1S/C11H7Br2ClN2O2S/c12-5-1-7(10(17)18)9(8(13)2-5)15-3-6-4-16-11(14)19-6/h1-2,4,15H,3H2,(H,17,18). The summed E-state index contributed by atoms with van der Waals surface area (Å²) in [5.74, 6) is -0.994. The van der Waals surface area contributed by atoms with Gasteiger partial charge in [0.05, 0.1) is 17.8 Å². The van der Waals surface area contributed by atoms with Crippen LogP contribution in [0.2, 0.25) is 4.47 Å². The van der Waals surface area contributed by atoms with Crippen molar-refractivity contribution in [3.05, 3.63) is 42.2 Å². The summed E-state index contributed by atoms with van der Waals surface area (Å²) in [6.45, 7) is 0.463. The minimum atomic E-state index is -0.994. The molecule has 0 radical (unpaired) electrons. The molecule has 0 bridgehead atoms. The molecule has 0 fully saturated rings. The lowest BCUT2D eigenvalue weighted by atomic mass is 10.2. The molecule has 8 heteroatoms. The van der Waals surface area contributed by atoms with Crippen LogP contribution in [0, 0.1) is 0 Å². The van der Waals surface area contributed by atoms with Gasteiger partial charge in [0.25, 0.3) is 0 Å². The zero-order chi connectivity index (χ0) is 14.0. The van der Waals surface area contributed by atoms with Crippen molar-refractivity contribution < 1.29 is 9.90 Å². The van der Waals surface area contributed by atoms with E-state index in [4.69, 9.17) is 11.6 Å². The summed E-state index contributed by atoms with van der Waals surface area (Å²) in [6.07, 6.45) is 1.66. The molecule has 2 rings (SSSR count). The van der Waals surface area contributed by atoms with Crippen molar-refractivity contribution in [1.82, 2.24) is 4.98 Å². The first-order valence-corrected chi connectivity index (χ1v) is 7.82. The lowest BCUT2D eigenvalue weighted by Gasteiger charge is -2.11. The Morgan fingerprint density at radius 3 is 2.79 bits per heavy atom. The highest BCUT2D eigenvalue weighted by Crippen LogP contribution is 2.31. The highest BCUT2D eigenvalue weighted by atomic mass is 79.9. The number of hydrogen-bond donors (Lipinski definition) is 2. The maximum Gasteiger partial charge on any atom is 0.337 e. The molecule has 1 aromatic carbocycles. The maximum atomic E-state index is 11.2. The van der Waals surface area contributed by atoms with Crippen LogP contribution in [0.25, 0.3) is 0 Å². The van der Waals surface area contributed by atoms with Crippen LogP contribution in [-0.2, 0) is 6.54 Å². The minimum Gasteiger partial charge on any atom is -0.478 e. The van der Waals surface area contributed by atoms with E-state index in [1.54, 1.807) is 18.3 Å². The number of aromatic carboxylic acids is 1. The zero-order valence-corrected chi connectivity index (χ0v) is 14.0. The van der Waals surface area contributed by atoms with Crippen LogP contribution in [0.15, 0.2) is 27.3 Å². The van der Waals surface area contributed by atoms with Gasteiger partial charge in [0, 0.05) is 20.0 Å². The van der Waals surface area contributed by atoms with Gasteiger partial charge < -0.3 is 10.4 Å². The smallest absolute Gasteiger partial charge is 0.337 e. The Hall–Kier alpha value is -0.630. The zero-order valence-electron chi connectivity index (χ0n) is 9.28. The number of carboxylic acid groups (broad SMARTS) is 1. The fourth-order valence-corrected chi connectivity index (χ4v) is 3.75. The van der Waals surface area contributed by atoms with Crippen LogP contribution in [0.5, 0.6) is 0 Å². The maximum absolute atomic E-state index is 11.2. The van der Waals surface area contributed by atoms with Crippen molar-refractivity contribution in [2.45, 2.75) is 6.54 Å². The van der Waals surface area contributed by atoms with Gasteiger partial charge in [0.15, 0.2) is 4.47 Å². The van der Waals surface area contributed by atoms with Crippen molar-refractivity contribution in [3.8, 4) is 0 Å². The third-order valence-corrected chi connectivity index (χ3v) is 4.45. The largest absolute Gasteiger partial charge is 0.478 e. The average molecular weight is 427 g/mol. The lowest BCUT2D eigenvalue weighted by molar-refractivity contribution is 0.0698. The van der Waals surface area contributed by atoms with Crippen LogP contribution < -0.4 is 5.32 Å². The Morgan fingerprint density at radius 2 is 2.21 bits per heavy atom. The molecule has 0 saturated carbocycles. The van der Waals surface area contributed by atoms with Gasteiger partial charge in [-0.2, -0.15) is 0 Å². The molecular weight excluding hydrogens is 419 g/mol. The number of anilines is 1. The van der Waals surface area contributed by atoms with Crippen LogP contribution >= 0.6 is 54.8 Å². The third kappa shape index (κ3) is 3.68. The van der Waals surface area contributed by atoms with Gasteiger partial charge in [-0.05, 0) is 28.1 Å². The molecule has 0 atom stereocenters. The summed E-state index contributed by atoms with van der Waals surface area (Å²) in [4.78, 5) is 16.1. The van der Waals surface area contributed by atoms with E-state index in [2.05, 4.69) is 42.2 Å². The van der Waals surface area contributed by atoms with Crippen molar-refractivity contribution in [3.63, 3.8) is 0 Å². The van der Waals surface area contributed by atoms with E-state index in [0.29, 0.717) is 25.6 Å². The van der Waals surface area contributed by atoms with Gasteiger partial charge in [0.2, 0.25) is 0 Å². The Balaban J connectivity index is 2.26. The van der Waals surface area contributed by atoms with Crippen molar-refractivity contribution in [2.24, 2.45) is 0 Å². The monoisotopic (exact) mass is 424 g/mol. The molecule has 1 heterocycles. The second kappa shape index (κ2) is 6.21. The molecule has 0 unspecified atom stereocenters. The number of benzene rings is 1. The molecule has 2 N–H and O–H groups in total. The summed E-state index contributed by atoms with van der Waals surface area (Å²) in [5.41, 5.74) is 0.720. The second-order valence-corrected chi connectivity index (χ2v) is 7.02. The van der Waals surface area contributed by atoms with Crippen LogP contribution in [0.1, 0.15) is 15.2 Å². The predicted molar refractivity (Wildman–Crippen MR) is 83.3 cm³/mol. The summed E-state index contributed by atoms with van der Waals surface area (Å²) < 4.78 is 1.84. The van der Waals surface area contributed by atoms with E-state index in [1.165, 1.54) is 11.3 Å². The number of nitrogens with one attached hydrogen (secondary N) is 1. The summed E-state index contributed by atoms with van der Waals surface area (Å²) >= 11 is 13.7. The Kier molecular flexibility index (Phi) is 4.83. The van der Waals surface area contributed by atoms with E-state index >= 15 is 0 Å². The Labute approximate surface area is 135 Å². The Morgan fingerprint density at radius 1 is 1.47 bits per heavy atom. The molecule has 0 aliphatic rings. The molecule has 4 nitrogen and oxygen atoms in total. The summed E-state index contributed by atoms with van der Waals surface area (Å²) in [5, 5.41) is 12.3. The molecular formula is C11H7Br2ClN2O2S. The predicted octanol–water partition coefficient (Wildman–Crippen LogP) is 4.63. The molecule has 100 valence electrons. The van der Waals surface area contributed by atoms with Gasteiger partial charge in [0.1, 0.15) is 0 Å². The molecule has 0 amide bonds. The molecule has 1 aromatic heterocycles. The molecule has 0 aliphatic heterocycles. The summed E-state index contributed by atoms with van der Waals surface area (Å²) in [7, 11) is 0. The van der Waals surface area contributed by atoms with Crippen LogP contribution in [0.3, 0.4) is 0 Å². The van der Waals surface area contributed by atoms with Gasteiger partial charge >= 0.3 is 5.97 Å². The van der Waals surface area contributed by atoms with E-state index in [0.717, 1.165) is 4.88 Å². The fourth-order valence-electron chi connectivity index (χ4n) is 1.46. The van der Waals surface area contributed by atoms with E-state index in [-0.39, 0.29) is 5.56 Å². The van der Waals surface area contributed by atoms with E-state index in [1.807, 2.05) is 0 Å². The number of carboxylic acids is 1. The van der Waals surface area contributed by atoms with Crippen molar-refractivity contribution >= 4 is 66.5 Å². The number of rotatable bonds is 4. The van der Waals surface area contributed by atoms with Gasteiger partial charge in [-0.3, -0.25) is 0 Å². The number of hydrogen-bond acceptors (Lipinski definition) is 4. The molecule has 0 aliphatic carbocycles. The minimum absolute atomic E-state index is 0.192. The van der Waals surface area contributed by atoms with Crippen molar-refractivity contribution in [2.75, 3.05) is 5.32 Å². The lowest BCUT2D eigenvalue weighted by Crippen LogP contribution is -2.06. The topological polar surface area (TPSA) is 62.2 Å². The second-order valence-electron chi connectivity index (χ2n) is 3.55. The first kappa shape index (κ1) is 14.8. The van der Waals surface area contributed by atoms with E-state index < -0.39 is 5.97 Å². The highest BCUT2D eigenvalue weighted by Gasteiger charge is 2.14. The SMILES string of the molecule is O=C(O)c1cc(Br)cc(Br)c1NCc1cnc(Cl)s1. The number of halogens is 3. The highest BCUT2D eigenvalue weighted by molar-refractivity contribution is 9.11. The summed E-state index contributed by atoms with van der Waals surface area (Å²) in [6, 6.07) is 3.34. The number of carbonyl (C=O) groups is 1. The number of thiazole rings is 1. The quantitative estimate of drug-likeness (QED) is 0.748. The number of nitrogens with zero attached hydrogens (tertiary/aromatic N) is 1. The van der Waals surface area contributed by atoms with Gasteiger partial charge in [-0.1, -0.05) is 27.5 Å². The van der Waals surface area contributed by atoms with E-state index in [9.17, 15) is 9.90 Å². The van der Waals surface area contributed by atoms with Crippen LogP contribution in [-0.4, -0.2) is 16.1 Å². The average Bonchev–Trinajstić information content (AvgIpc) is 2.73. The fraction of sp³-hybridized carbons (Fsp3) is 0.0909. The normalized spacial score (nSPS) is 10.5. The first-order chi connectivity index (χ1) is 8.97. The molecule has 0 saturated heterocycles. The first-order valence-electron chi connectivity index (χ1n) is 5.04. The molecule has 0 spiro atoms. The third-order valence-electron chi connectivity index (χ3n) is 2.25. The Bertz CT molecular complexity index is 633. The molecule has 2 aromatic rings.